The topological polar surface area (TPSA) is 42.5 Å². The fraction of sp³-hybridized carbons (Fsp3) is 1.00. The predicted octanol–water partition coefficient (Wildman–Crippen LogP) is 1.46. The molecule has 1 saturated carbocycles. The Balaban J connectivity index is 1.72. The zero-order valence-corrected chi connectivity index (χ0v) is 10.9. The van der Waals surface area contributed by atoms with E-state index in [4.69, 9.17) is 9.57 Å². The second kappa shape index (κ2) is 7.31. The molecule has 4 nitrogen and oxygen atoms in total. The molecule has 4 heteroatoms. The minimum atomic E-state index is 0.530. The van der Waals surface area contributed by atoms with Gasteiger partial charge in [-0.3, -0.25) is 4.84 Å². The summed E-state index contributed by atoms with van der Waals surface area (Å²) in [6.07, 6.45) is 7.96. The maximum absolute atomic E-state index is 5.48. The van der Waals surface area contributed by atoms with Crippen molar-refractivity contribution in [2.24, 2.45) is 5.92 Å². The number of hydrogen-bond acceptors (Lipinski definition) is 4. The lowest BCUT2D eigenvalue weighted by Crippen LogP contribution is -2.46. The fourth-order valence-corrected chi connectivity index (χ4v) is 3.15. The standard InChI is InChI=1S/C13H26N2O2/c1-16-9-10-17-15-13-7-4-5-11(13)12-6-2-3-8-14-12/h11-15H,2-10H2,1H3. The molecule has 0 amide bonds. The van der Waals surface area contributed by atoms with Crippen molar-refractivity contribution in [3.8, 4) is 0 Å². The highest BCUT2D eigenvalue weighted by atomic mass is 16.7. The summed E-state index contributed by atoms with van der Waals surface area (Å²) >= 11 is 0. The average molecular weight is 242 g/mol. The van der Waals surface area contributed by atoms with Gasteiger partial charge in [-0.15, -0.1) is 0 Å². The first-order chi connectivity index (χ1) is 8.42. The molecule has 3 atom stereocenters. The van der Waals surface area contributed by atoms with Gasteiger partial charge in [0.15, 0.2) is 0 Å². The average Bonchev–Trinajstić information content (AvgIpc) is 2.84. The molecule has 0 aromatic carbocycles. The van der Waals surface area contributed by atoms with Gasteiger partial charge in [-0.2, -0.15) is 5.48 Å². The Bertz CT molecular complexity index is 208. The number of ether oxygens (including phenoxy) is 1. The van der Waals surface area contributed by atoms with E-state index in [2.05, 4.69) is 10.8 Å². The van der Waals surface area contributed by atoms with Gasteiger partial charge >= 0.3 is 0 Å². The summed E-state index contributed by atoms with van der Waals surface area (Å²) in [5.74, 6) is 0.748. The molecular formula is C13H26N2O2. The first-order valence-corrected chi connectivity index (χ1v) is 7.01. The third kappa shape index (κ3) is 3.91. The van der Waals surface area contributed by atoms with Gasteiger partial charge in [0.25, 0.3) is 0 Å². The van der Waals surface area contributed by atoms with Gasteiger partial charge in [0.1, 0.15) is 0 Å². The molecular weight excluding hydrogens is 216 g/mol. The zero-order valence-electron chi connectivity index (χ0n) is 10.9. The Morgan fingerprint density at radius 2 is 2.06 bits per heavy atom. The minimum absolute atomic E-state index is 0.530. The van der Waals surface area contributed by atoms with Crippen molar-refractivity contribution in [1.82, 2.24) is 10.8 Å². The molecule has 0 aromatic rings. The normalized spacial score (nSPS) is 34.1. The molecule has 0 aromatic heterocycles. The molecule has 2 N–H and O–H groups in total. The van der Waals surface area contributed by atoms with E-state index in [1.165, 1.54) is 45.1 Å². The summed E-state index contributed by atoms with van der Waals surface area (Å²) < 4.78 is 4.97. The van der Waals surface area contributed by atoms with E-state index in [0.29, 0.717) is 25.3 Å². The van der Waals surface area contributed by atoms with E-state index in [1.54, 1.807) is 7.11 Å². The lowest BCUT2D eigenvalue weighted by atomic mass is 9.88. The predicted molar refractivity (Wildman–Crippen MR) is 67.7 cm³/mol. The molecule has 1 aliphatic heterocycles. The van der Waals surface area contributed by atoms with Crippen LogP contribution in [0.15, 0.2) is 0 Å². The highest BCUT2D eigenvalue weighted by Crippen LogP contribution is 2.31. The van der Waals surface area contributed by atoms with Crippen LogP contribution >= 0.6 is 0 Å². The van der Waals surface area contributed by atoms with Crippen molar-refractivity contribution in [1.29, 1.82) is 0 Å². The van der Waals surface area contributed by atoms with E-state index in [1.807, 2.05) is 0 Å². The van der Waals surface area contributed by atoms with E-state index >= 15 is 0 Å². The van der Waals surface area contributed by atoms with Crippen LogP contribution in [0.2, 0.25) is 0 Å². The molecule has 2 fully saturated rings. The lowest BCUT2D eigenvalue weighted by molar-refractivity contribution is -0.0222. The molecule has 1 heterocycles. The molecule has 1 saturated heterocycles. The third-order valence-electron chi connectivity index (χ3n) is 4.06. The highest BCUT2D eigenvalue weighted by molar-refractivity contribution is 4.90. The van der Waals surface area contributed by atoms with E-state index in [0.717, 1.165) is 5.92 Å². The van der Waals surface area contributed by atoms with Crippen LogP contribution in [0.1, 0.15) is 38.5 Å². The van der Waals surface area contributed by atoms with Gasteiger partial charge in [-0.1, -0.05) is 12.8 Å². The largest absolute Gasteiger partial charge is 0.382 e. The van der Waals surface area contributed by atoms with Crippen LogP contribution in [0.3, 0.4) is 0 Å². The van der Waals surface area contributed by atoms with Crippen LogP contribution in [0.5, 0.6) is 0 Å². The van der Waals surface area contributed by atoms with Crippen molar-refractivity contribution >= 4 is 0 Å². The summed E-state index contributed by atoms with van der Waals surface area (Å²) in [6.45, 7) is 2.49. The Kier molecular flexibility index (Phi) is 5.71. The number of hydrogen-bond donors (Lipinski definition) is 2. The second-order valence-electron chi connectivity index (χ2n) is 5.22. The molecule has 17 heavy (non-hydrogen) atoms. The minimum Gasteiger partial charge on any atom is -0.382 e. The molecule has 0 bridgehead atoms. The smallest absolute Gasteiger partial charge is 0.0915 e. The van der Waals surface area contributed by atoms with Crippen molar-refractivity contribution in [2.45, 2.75) is 50.6 Å². The SMILES string of the molecule is COCCONC1CCCC1C1CCCCN1. The number of piperidine rings is 1. The van der Waals surface area contributed by atoms with Crippen LogP contribution in [0.25, 0.3) is 0 Å². The van der Waals surface area contributed by atoms with Crippen molar-refractivity contribution in [3.05, 3.63) is 0 Å². The Labute approximate surface area is 104 Å². The Hall–Kier alpha value is -0.160. The van der Waals surface area contributed by atoms with Crippen LogP contribution in [0, 0.1) is 5.92 Å². The quantitative estimate of drug-likeness (QED) is 0.547. The van der Waals surface area contributed by atoms with Crippen LogP contribution in [-0.2, 0) is 9.57 Å². The maximum atomic E-state index is 5.48. The van der Waals surface area contributed by atoms with E-state index in [9.17, 15) is 0 Å². The van der Waals surface area contributed by atoms with E-state index in [-0.39, 0.29) is 0 Å². The third-order valence-corrected chi connectivity index (χ3v) is 4.06. The van der Waals surface area contributed by atoms with Crippen molar-refractivity contribution < 1.29 is 9.57 Å². The van der Waals surface area contributed by atoms with Crippen molar-refractivity contribution in [3.63, 3.8) is 0 Å². The van der Waals surface area contributed by atoms with Gasteiger partial charge < -0.3 is 10.1 Å². The Morgan fingerprint density at radius 3 is 2.82 bits per heavy atom. The second-order valence-corrected chi connectivity index (χ2v) is 5.22. The molecule has 3 unspecified atom stereocenters. The first-order valence-electron chi connectivity index (χ1n) is 7.01. The molecule has 2 aliphatic rings. The summed E-state index contributed by atoms with van der Waals surface area (Å²) in [6, 6.07) is 1.23. The lowest BCUT2D eigenvalue weighted by Gasteiger charge is -2.32. The number of rotatable bonds is 6. The summed E-state index contributed by atoms with van der Waals surface area (Å²) in [5.41, 5.74) is 3.24. The summed E-state index contributed by atoms with van der Waals surface area (Å²) in [5, 5.41) is 3.67. The highest BCUT2D eigenvalue weighted by Gasteiger charge is 2.34. The summed E-state index contributed by atoms with van der Waals surface area (Å²) in [4.78, 5) is 5.48. The molecule has 0 radical (unpaired) electrons. The molecule has 0 spiro atoms. The van der Waals surface area contributed by atoms with Gasteiger partial charge in [0, 0.05) is 19.2 Å². The Morgan fingerprint density at radius 1 is 1.12 bits per heavy atom. The van der Waals surface area contributed by atoms with Gasteiger partial charge in [-0.05, 0) is 38.1 Å². The van der Waals surface area contributed by atoms with Crippen molar-refractivity contribution in [2.75, 3.05) is 26.9 Å². The van der Waals surface area contributed by atoms with E-state index < -0.39 is 0 Å². The van der Waals surface area contributed by atoms with Crippen LogP contribution in [-0.4, -0.2) is 39.0 Å². The fourth-order valence-electron chi connectivity index (χ4n) is 3.15. The molecule has 1 aliphatic carbocycles. The number of methoxy groups -OCH3 is 1. The number of nitrogens with one attached hydrogen (secondary N) is 2. The van der Waals surface area contributed by atoms with Gasteiger partial charge in [0.2, 0.25) is 0 Å². The molecule has 2 rings (SSSR count). The monoisotopic (exact) mass is 242 g/mol. The first kappa shape index (κ1) is 13.3. The summed E-state index contributed by atoms with van der Waals surface area (Å²) in [7, 11) is 1.70. The van der Waals surface area contributed by atoms with Gasteiger partial charge in [-0.25, -0.2) is 0 Å². The maximum Gasteiger partial charge on any atom is 0.0915 e. The molecule has 100 valence electrons. The van der Waals surface area contributed by atoms with Crippen LogP contribution in [0.4, 0.5) is 0 Å². The van der Waals surface area contributed by atoms with Crippen LogP contribution < -0.4 is 10.8 Å². The number of hydroxylamine groups is 1. The zero-order chi connectivity index (χ0) is 11.9. The van der Waals surface area contributed by atoms with Gasteiger partial charge in [0.05, 0.1) is 13.2 Å².